The first-order chi connectivity index (χ1) is 7.01. The van der Waals surface area contributed by atoms with Crippen molar-refractivity contribution in [3.05, 3.63) is 29.8 Å². The van der Waals surface area contributed by atoms with Crippen LogP contribution in [0.25, 0.3) is 0 Å². The number of benzene rings is 1. The van der Waals surface area contributed by atoms with E-state index in [-0.39, 0.29) is 6.61 Å². The summed E-state index contributed by atoms with van der Waals surface area (Å²) < 4.78 is 18.4. The lowest BCUT2D eigenvalue weighted by atomic mass is 10.1. The monoisotopic (exact) mass is 207 g/mol. The molecule has 2 nitrogen and oxygen atoms in total. The summed E-state index contributed by atoms with van der Waals surface area (Å²) in [6, 6.07) is 9.21. The lowest BCUT2D eigenvalue weighted by Gasteiger charge is -2.15. The molecule has 0 N–H and O–H groups in total. The normalized spacial score (nSPS) is 10.8. The largest absolute Gasteiger partial charge is 0.490 e. The smallest absolute Gasteiger partial charge is 0.139 e. The van der Waals surface area contributed by atoms with Crippen molar-refractivity contribution in [2.24, 2.45) is 0 Å². The van der Waals surface area contributed by atoms with Crippen LogP contribution in [-0.4, -0.2) is 12.3 Å². The summed E-state index contributed by atoms with van der Waals surface area (Å²) in [5, 5.41) is 8.52. The second-order valence-corrected chi connectivity index (χ2v) is 3.99. The number of nitriles is 1. The van der Waals surface area contributed by atoms with Crippen molar-refractivity contribution in [2.45, 2.75) is 25.9 Å². The highest BCUT2D eigenvalue weighted by molar-refractivity contribution is 5.30. The van der Waals surface area contributed by atoms with E-state index in [0.717, 1.165) is 5.56 Å². The molecule has 0 atom stereocenters. The van der Waals surface area contributed by atoms with E-state index in [4.69, 9.17) is 10.00 Å². The number of rotatable bonds is 4. The number of hydrogen-bond acceptors (Lipinski definition) is 2. The Morgan fingerprint density at radius 3 is 2.80 bits per heavy atom. The molecule has 0 aromatic heterocycles. The molecule has 3 heteroatoms. The molecule has 0 radical (unpaired) electrons. The highest BCUT2D eigenvalue weighted by Gasteiger charge is 2.16. The standard InChI is InChI=1S/C12H14FNO/c1-12(2,13)9-15-11-5-3-4-10(8-11)6-7-14/h3-5,8H,6,9H2,1-2H3. The van der Waals surface area contributed by atoms with Crippen molar-refractivity contribution >= 4 is 0 Å². The van der Waals surface area contributed by atoms with Crippen LogP contribution >= 0.6 is 0 Å². The van der Waals surface area contributed by atoms with Gasteiger partial charge in [0, 0.05) is 0 Å². The molecule has 0 fully saturated rings. The summed E-state index contributed by atoms with van der Waals surface area (Å²) in [5.41, 5.74) is -0.461. The minimum atomic E-state index is -1.34. The average Bonchev–Trinajstić information content (AvgIpc) is 2.15. The van der Waals surface area contributed by atoms with E-state index in [0.29, 0.717) is 12.2 Å². The minimum absolute atomic E-state index is 0.0169. The third-order valence-corrected chi connectivity index (χ3v) is 1.76. The van der Waals surface area contributed by atoms with Crippen LogP contribution in [0.2, 0.25) is 0 Å². The van der Waals surface area contributed by atoms with Crippen molar-refractivity contribution in [1.82, 2.24) is 0 Å². The van der Waals surface area contributed by atoms with Gasteiger partial charge in [-0.25, -0.2) is 4.39 Å². The number of hydrogen-bond donors (Lipinski definition) is 0. The van der Waals surface area contributed by atoms with Gasteiger partial charge in [0.15, 0.2) is 0 Å². The molecule has 0 unspecified atom stereocenters. The summed E-state index contributed by atoms with van der Waals surface area (Å²) in [5.74, 6) is 0.605. The lowest BCUT2D eigenvalue weighted by Crippen LogP contribution is -2.22. The third kappa shape index (κ3) is 4.46. The highest BCUT2D eigenvalue weighted by atomic mass is 19.1. The zero-order valence-corrected chi connectivity index (χ0v) is 8.96. The molecule has 0 aliphatic rings. The summed E-state index contributed by atoms with van der Waals surface area (Å²) in [6.07, 6.45) is 0.343. The second kappa shape index (κ2) is 4.79. The fourth-order valence-corrected chi connectivity index (χ4v) is 1.09. The molecule has 0 amide bonds. The van der Waals surface area contributed by atoms with Crippen LogP contribution in [0.15, 0.2) is 24.3 Å². The molecular formula is C12H14FNO. The molecule has 0 aliphatic carbocycles. The minimum Gasteiger partial charge on any atom is -0.490 e. The van der Waals surface area contributed by atoms with Crippen LogP contribution in [-0.2, 0) is 6.42 Å². The van der Waals surface area contributed by atoms with E-state index in [1.54, 1.807) is 18.2 Å². The molecule has 0 aliphatic heterocycles. The maximum Gasteiger partial charge on any atom is 0.139 e. The first-order valence-electron chi connectivity index (χ1n) is 4.79. The Morgan fingerprint density at radius 2 is 2.20 bits per heavy atom. The van der Waals surface area contributed by atoms with Crippen molar-refractivity contribution in [2.75, 3.05) is 6.61 Å². The predicted octanol–water partition coefficient (Wildman–Crippen LogP) is 2.88. The van der Waals surface area contributed by atoms with Gasteiger partial charge in [0.2, 0.25) is 0 Å². The zero-order chi connectivity index (χ0) is 11.3. The summed E-state index contributed by atoms with van der Waals surface area (Å²) in [7, 11) is 0. The topological polar surface area (TPSA) is 33.0 Å². The number of alkyl halides is 1. The van der Waals surface area contributed by atoms with Gasteiger partial charge in [-0.15, -0.1) is 0 Å². The molecule has 0 saturated carbocycles. The van der Waals surface area contributed by atoms with Gasteiger partial charge in [-0.3, -0.25) is 0 Å². The zero-order valence-electron chi connectivity index (χ0n) is 8.96. The van der Waals surface area contributed by atoms with E-state index in [1.165, 1.54) is 13.8 Å². The van der Waals surface area contributed by atoms with Gasteiger partial charge >= 0.3 is 0 Å². The van der Waals surface area contributed by atoms with Gasteiger partial charge in [-0.2, -0.15) is 5.26 Å². The highest BCUT2D eigenvalue weighted by Crippen LogP contribution is 2.16. The van der Waals surface area contributed by atoms with E-state index < -0.39 is 5.67 Å². The van der Waals surface area contributed by atoms with Crippen LogP contribution < -0.4 is 4.74 Å². The van der Waals surface area contributed by atoms with Gasteiger partial charge in [-0.1, -0.05) is 12.1 Å². The molecule has 1 aromatic carbocycles. The SMILES string of the molecule is CC(C)(F)COc1cccc(CC#N)c1. The van der Waals surface area contributed by atoms with Crippen LogP contribution in [0.4, 0.5) is 4.39 Å². The lowest BCUT2D eigenvalue weighted by molar-refractivity contribution is 0.120. The average molecular weight is 207 g/mol. The Morgan fingerprint density at radius 1 is 1.47 bits per heavy atom. The summed E-state index contributed by atoms with van der Waals surface area (Å²) >= 11 is 0. The van der Waals surface area contributed by atoms with E-state index >= 15 is 0 Å². The first kappa shape index (κ1) is 11.5. The van der Waals surface area contributed by atoms with E-state index in [9.17, 15) is 4.39 Å². The van der Waals surface area contributed by atoms with Crippen LogP contribution in [0, 0.1) is 11.3 Å². The van der Waals surface area contributed by atoms with Crippen LogP contribution in [0.3, 0.4) is 0 Å². The summed E-state index contributed by atoms with van der Waals surface area (Å²) in [4.78, 5) is 0. The number of nitrogens with zero attached hydrogens (tertiary/aromatic N) is 1. The van der Waals surface area contributed by atoms with Gasteiger partial charge < -0.3 is 4.74 Å². The van der Waals surface area contributed by atoms with E-state index in [2.05, 4.69) is 6.07 Å². The Kier molecular flexibility index (Phi) is 3.68. The van der Waals surface area contributed by atoms with Gasteiger partial charge in [-0.05, 0) is 31.5 Å². The molecular weight excluding hydrogens is 193 g/mol. The molecule has 1 aromatic rings. The van der Waals surface area contributed by atoms with Crippen molar-refractivity contribution in [1.29, 1.82) is 5.26 Å². The van der Waals surface area contributed by atoms with Crippen LogP contribution in [0.1, 0.15) is 19.4 Å². The molecule has 1 rings (SSSR count). The van der Waals surface area contributed by atoms with Gasteiger partial charge in [0.1, 0.15) is 18.0 Å². The molecule has 80 valence electrons. The number of ether oxygens (including phenoxy) is 1. The fraction of sp³-hybridized carbons (Fsp3) is 0.417. The van der Waals surface area contributed by atoms with Gasteiger partial charge in [0.05, 0.1) is 12.5 Å². The molecule has 0 saturated heterocycles. The molecule has 0 bridgehead atoms. The van der Waals surface area contributed by atoms with Crippen molar-refractivity contribution in [3.8, 4) is 11.8 Å². The Labute approximate surface area is 89.3 Å². The third-order valence-electron chi connectivity index (χ3n) is 1.76. The van der Waals surface area contributed by atoms with Gasteiger partial charge in [0.25, 0.3) is 0 Å². The molecule has 0 heterocycles. The quantitative estimate of drug-likeness (QED) is 0.760. The fourth-order valence-electron chi connectivity index (χ4n) is 1.09. The maximum absolute atomic E-state index is 13.1. The molecule has 0 spiro atoms. The Balaban J connectivity index is 2.62. The summed E-state index contributed by atoms with van der Waals surface area (Å²) in [6.45, 7) is 2.95. The van der Waals surface area contributed by atoms with E-state index in [1.807, 2.05) is 6.07 Å². The first-order valence-corrected chi connectivity index (χ1v) is 4.79. The van der Waals surface area contributed by atoms with Crippen LogP contribution in [0.5, 0.6) is 5.75 Å². The maximum atomic E-state index is 13.1. The Hall–Kier alpha value is -1.56. The van der Waals surface area contributed by atoms with Crippen molar-refractivity contribution in [3.63, 3.8) is 0 Å². The predicted molar refractivity (Wildman–Crippen MR) is 56.4 cm³/mol. The Bertz CT molecular complexity index is 363. The van der Waals surface area contributed by atoms with Crippen molar-refractivity contribution < 1.29 is 9.13 Å². The molecule has 15 heavy (non-hydrogen) atoms. The number of halogens is 1. The second-order valence-electron chi connectivity index (χ2n) is 3.99.